The van der Waals surface area contributed by atoms with Crippen molar-refractivity contribution >= 4 is 58.5 Å². The number of carbonyl (C=O) groups is 2. The summed E-state index contributed by atoms with van der Waals surface area (Å²) in [6.45, 7) is 0. The first-order valence-electron chi connectivity index (χ1n) is 6.32. The van der Waals surface area contributed by atoms with Gasteiger partial charge in [-0.05, 0) is 24.3 Å². The van der Waals surface area contributed by atoms with Crippen molar-refractivity contribution in [1.29, 1.82) is 0 Å². The van der Waals surface area contributed by atoms with E-state index in [0.717, 1.165) is 0 Å². The van der Waals surface area contributed by atoms with E-state index in [9.17, 15) is 9.59 Å². The van der Waals surface area contributed by atoms with Gasteiger partial charge in [-0.3, -0.25) is 9.59 Å². The fourth-order valence-corrected chi connectivity index (χ4v) is 2.26. The number of nitrogens with zero attached hydrogens (tertiary/aromatic N) is 1. The van der Waals surface area contributed by atoms with Crippen LogP contribution in [0.1, 0.15) is 5.56 Å². The lowest BCUT2D eigenvalue weighted by Crippen LogP contribution is -2.32. The van der Waals surface area contributed by atoms with E-state index >= 15 is 0 Å². The van der Waals surface area contributed by atoms with Crippen LogP contribution >= 0.6 is 34.8 Å². The van der Waals surface area contributed by atoms with Crippen molar-refractivity contribution in [3.05, 3.63) is 63.1 Å². The third-order valence-electron chi connectivity index (χ3n) is 2.69. The van der Waals surface area contributed by atoms with E-state index in [1.54, 1.807) is 42.5 Å². The molecule has 0 atom stereocenters. The van der Waals surface area contributed by atoms with Gasteiger partial charge in [0.05, 0.1) is 27.0 Å². The van der Waals surface area contributed by atoms with E-state index in [2.05, 4.69) is 15.8 Å². The third-order valence-corrected chi connectivity index (χ3v) is 3.68. The van der Waals surface area contributed by atoms with Crippen LogP contribution in [-0.2, 0) is 9.59 Å². The maximum absolute atomic E-state index is 11.7. The van der Waals surface area contributed by atoms with Crippen molar-refractivity contribution in [1.82, 2.24) is 5.43 Å². The minimum atomic E-state index is -0.954. The molecule has 2 rings (SSSR count). The summed E-state index contributed by atoms with van der Waals surface area (Å²) >= 11 is 17.8. The topological polar surface area (TPSA) is 70.6 Å². The molecule has 0 aliphatic carbocycles. The zero-order chi connectivity index (χ0) is 16.8. The van der Waals surface area contributed by atoms with E-state index < -0.39 is 11.8 Å². The van der Waals surface area contributed by atoms with Crippen LogP contribution in [0.25, 0.3) is 0 Å². The normalized spacial score (nSPS) is 10.6. The summed E-state index contributed by atoms with van der Waals surface area (Å²) in [5.41, 5.74) is 2.84. The van der Waals surface area contributed by atoms with E-state index in [0.29, 0.717) is 26.3 Å². The van der Waals surface area contributed by atoms with Crippen LogP contribution in [0, 0.1) is 0 Å². The van der Waals surface area contributed by atoms with E-state index in [4.69, 9.17) is 34.8 Å². The Labute approximate surface area is 147 Å². The summed E-state index contributed by atoms with van der Waals surface area (Å²) in [6.07, 6.45) is 1.26. The van der Waals surface area contributed by atoms with Crippen molar-refractivity contribution in [3.63, 3.8) is 0 Å². The van der Waals surface area contributed by atoms with Crippen LogP contribution in [0.2, 0.25) is 15.1 Å². The molecule has 0 unspecified atom stereocenters. The largest absolute Gasteiger partial charge is 0.329 e. The van der Waals surface area contributed by atoms with Crippen LogP contribution in [0.15, 0.2) is 47.6 Å². The number of hydrazone groups is 1. The molecule has 118 valence electrons. The quantitative estimate of drug-likeness (QED) is 0.491. The highest BCUT2D eigenvalue weighted by atomic mass is 35.5. The maximum Gasteiger partial charge on any atom is 0.329 e. The zero-order valence-corrected chi connectivity index (χ0v) is 13.8. The molecule has 0 aromatic heterocycles. The van der Waals surface area contributed by atoms with Crippen LogP contribution < -0.4 is 10.7 Å². The van der Waals surface area contributed by atoms with Gasteiger partial charge in [-0.25, -0.2) is 5.43 Å². The third kappa shape index (κ3) is 4.69. The first-order valence-corrected chi connectivity index (χ1v) is 7.45. The number of halogens is 3. The molecule has 5 nitrogen and oxygen atoms in total. The van der Waals surface area contributed by atoms with Crippen LogP contribution in [0.4, 0.5) is 5.69 Å². The Kier molecular flexibility index (Phi) is 5.98. The molecule has 0 saturated heterocycles. The van der Waals surface area contributed by atoms with Crippen LogP contribution in [-0.4, -0.2) is 18.0 Å². The molecule has 0 fully saturated rings. The summed E-state index contributed by atoms with van der Waals surface area (Å²) in [4.78, 5) is 23.4. The smallest absolute Gasteiger partial charge is 0.316 e. The summed E-state index contributed by atoms with van der Waals surface area (Å²) in [7, 11) is 0. The van der Waals surface area contributed by atoms with Gasteiger partial charge in [0.15, 0.2) is 0 Å². The Bertz CT molecular complexity index is 758. The van der Waals surface area contributed by atoms with Gasteiger partial charge >= 0.3 is 11.8 Å². The molecule has 0 aliphatic rings. The summed E-state index contributed by atoms with van der Waals surface area (Å²) in [5.74, 6) is -1.86. The standard InChI is InChI=1S/C15H10Cl3N3O2/c16-10-5-3-6-11(17)9(10)8-19-21-15(23)14(22)20-13-7-2-1-4-12(13)18/h1-8H,(H,20,22)(H,21,23). The number of hydrogen-bond donors (Lipinski definition) is 2. The molecule has 0 radical (unpaired) electrons. The maximum atomic E-state index is 11.7. The lowest BCUT2D eigenvalue weighted by Gasteiger charge is -2.05. The molecule has 0 bridgehead atoms. The number of carbonyl (C=O) groups excluding carboxylic acids is 2. The minimum absolute atomic E-state index is 0.319. The molecule has 2 amide bonds. The van der Waals surface area contributed by atoms with Crippen molar-refractivity contribution < 1.29 is 9.59 Å². The van der Waals surface area contributed by atoms with Crippen LogP contribution in [0.3, 0.4) is 0 Å². The Morgan fingerprint density at radius 2 is 1.48 bits per heavy atom. The average Bonchev–Trinajstić information content (AvgIpc) is 2.52. The van der Waals surface area contributed by atoms with E-state index in [1.165, 1.54) is 6.21 Å². The van der Waals surface area contributed by atoms with Gasteiger partial charge in [0.1, 0.15) is 0 Å². The lowest BCUT2D eigenvalue weighted by atomic mass is 10.2. The Morgan fingerprint density at radius 1 is 0.870 bits per heavy atom. The number of rotatable bonds is 3. The molecular formula is C15H10Cl3N3O2. The highest BCUT2D eigenvalue weighted by Crippen LogP contribution is 2.22. The molecule has 0 aliphatic heterocycles. The van der Waals surface area contributed by atoms with Crippen molar-refractivity contribution in [2.75, 3.05) is 5.32 Å². The zero-order valence-electron chi connectivity index (χ0n) is 11.5. The predicted molar refractivity (Wildman–Crippen MR) is 92.3 cm³/mol. The molecule has 2 N–H and O–H groups in total. The highest BCUT2D eigenvalue weighted by molar-refractivity contribution is 6.41. The van der Waals surface area contributed by atoms with Gasteiger partial charge in [-0.2, -0.15) is 5.10 Å². The molecule has 0 saturated carbocycles. The number of hydrogen-bond acceptors (Lipinski definition) is 3. The second kappa shape index (κ2) is 7.97. The van der Waals surface area contributed by atoms with Gasteiger partial charge in [0.2, 0.25) is 0 Å². The molecule has 2 aromatic carbocycles. The number of amides is 2. The predicted octanol–water partition coefficient (Wildman–Crippen LogP) is 3.74. The first-order chi connectivity index (χ1) is 11.0. The summed E-state index contributed by atoms with van der Waals surface area (Å²) < 4.78 is 0. The SMILES string of the molecule is O=C(NN=Cc1c(Cl)cccc1Cl)C(=O)Nc1ccccc1Cl. The molecular weight excluding hydrogens is 361 g/mol. The second-order valence-corrected chi connectivity index (χ2v) is 5.49. The second-order valence-electron chi connectivity index (χ2n) is 4.27. The van der Waals surface area contributed by atoms with Crippen LogP contribution in [0.5, 0.6) is 0 Å². The number of benzene rings is 2. The Balaban J connectivity index is 1.98. The van der Waals surface area contributed by atoms with Gasteiger partial charge in [-0.15, -0.1) is 0 Å². The molecule has 0 heterocycles. The Hall–Kier alpha value is -2.08. The molecule has 8 heteroatoms. The number of nitrogens with one attached hydrogen (secondary N) is 2. The van der Waals surface area contributed by atoms with Gasteiger partial charge < -0.3 is 5.32 Å². The van der Waals surface area contributed by atoms with Crippen molar-refractivity contribution in [2.45, 2.75) is 0 Å². The lowest BCUT2D eigenvalue weighted by molar-refractivity contribution is -0.136. The van der Waals surface area contributed by atoms with Gasteiger partial charge in [-0.1, -0.05) is 53.0 Å². The van der Waals surface area contributed by atoms with Gasteiger partial charge in [0.25, 0.3) is 0 Å². The number of anilines is 1. The number of para-hydroxylation sites is 1. The highest BCUT2D eigenvalue weighted by Gasteiger charge is 2.14. The molecule has 23 heavy (non-hydrogen) atoms. The average molecular weight is 371 g/mol. The fourth-order valence-electron chi connectivity index (χ4n) is 1.58. The summed E-state index contributed by atoms with van der Waals surface area (Å²) in [6, 6.07) is 11.5. The van der Waals surface area contributed by atoms with E-state index in [1.807, 2.05) is 0 Å². The molecule has 2 aromatic rings. The summed E-state index contributed by atoms with van der Waals surface area (Å²) in [5, 5.41) is 7.10. The van der Waals surface area contributed by atoms with Crippen molar-refractivity contribution in [3.8, 4) is 0 Å². The molecule has 0 spiro atoms. The van der Waals surface area contributed by atoms with Crippen molar-refractivity contribution in [2.24, 2.45) is 5.10 Å². The fraction of sp³-hybridized carbons (Fsp3) is 0. The first kappa shape index (κ1) is 17.3. The monoisotopic (exact) mass is 369 g/mol. The Morgan fingerprint density at radius 3 is 2.13 bits per heavy atom. The van der Waals surface area contributed by atoms with Gasteiger partial charge in [0, 0.05) is 5.56 Å². The van der Waals surface area contributed by atoms with E-state index in [-0.39, 0.29) is 0 Å². The minimum Gasteiger partial charge on any atom is -0.316 e.